The largest absolute Gasteiger partial charge is 0.508 e. The van der Waals surface area contributed by atoms with Gasteiger partial charge in [0.25, 0.3) is 0 Å². The van der Waals surface area contributed by atoms with Crippen LogP contribution in [0.15, 0.2) is 63.8 Å². The first-order chi connectivity index (χ1) is 35.7. The van der Waals surface area contributed by atoms with Crippen molar-refractivity contribution < 1.29 is 24.2 Å². The first-order valence-electron chi connectivity index (χ1n) is 31.1. The first kappa shape index (κ1) is 44.7. The molecule has 3 N–H and O–H groups in total. The van der Waals surface area contributed by atoms with Gasteiger partial charge >= 0.3 is 11.9 Å². The number of esters is 2. The maximum atomic E-state index is 16.9. The van der Waals surface area contributed by atoms with E-state index < -0.39 is 16.4 Å². The Morgan fingerprint density at radius 1 is 0.822 bits per heavy atom. The van der Waals surface area contributed by atoms with Crippen molar-refractivity contribution in [2.75, 3.05) is 19.6 Å². The molecule has 388 valence electrons. The van der Waals surface area contributed by atoms with Gasteiger partial charge in [-0.15, -0.1) is 0 Å². The molecule has 1 aromatic carbocycles. The number of aliphatic hydroxyl groups is 1. The molecule has 8 nitrogen and oxygen atoms in total. The lowest BCUT2D eigenvalue weighted by molar-refractivity contribution is -0.284. The van der Waals surface area contributed by atoms with Gasteiger partial charge in [-0.1, -0.05) is 86.4 Å². The lowest BCUT2D eigenvalue weighted by atomic mass is 9.26. The van der Waals surface area contributed by atoms with E-state index >= 15 is 9.59 Å². The molecule has 1 aromatic rings. The van der Waals surface area contributed by atoms with E-state index in [9.17, 15) is 5.11 Å². The third-order valence-corrected chi connectivity index (χ3v) is 26.7. The molecule has 5 spiro atoms. The van der Waals surface area contributed by atoms with Crippen LogP contribution in [0.25, 0.3) is 0 Å². The van der Waals surface area contributed by atoms with Gasteiger partial charge in [-0.25, -0.2) is 4.79 Å². The van der Waals surface area contributed by atoms with Crippen LogP contribution >= 0.6 is 0 Å². The molecule has 4 saturated heterocycles. The molecule has 9 fully saturated rings. The minimum Gasteiger partial charge on any atom is -0.508 e. The summed E-state index contributed by atoms with van der Waals surface area (Å²) in [5.41, 5.74) is 14.5. The molecule has 0 radical (unpaired) electrons. The molecule has 5 saturated carbocycles. The number of carbonyl (C=O) groups is 2. The second kappa shape index (κ2) is 15.2. The zero-order chi connectivity index (χ0) is 48.5. The summed E-state index contributed by atoms with van der Waals surface area (Å²) in [4.78, 5) is 38.5. The van der Waals surface area contributed by atoms with Crippen LogP contribution in [0.1, 0.15) is 195 Å². The van der Waals surface area contributed by atoms with E-state index in [1.165, 1.54) is 128 Å². The average molecular weight is 986 g/mol. The molecule has 0 aromatic heterocycles. The third-order valence-electron chi connectivity index (χ3n) is 26.7. The number of fused-ring (bicyclic) bond motifs is 8. The van der Waals surface area contributed by atoms with E-state index in [1.54, 1.807) is 22.4 Å². The predicted octanol–water partition coefficient (Wildman–Crippen LogP) is 12.5. The number of allylic oxidation sites excluding steroid dienone is 4. The zero-order valence-corrected chi connectivity index (χ0v) is 44.1. The summed E-state index contributed by atoms with van der Waals surface area (Å²) in [5.74, 6) is 3.84. The molecule has 7 heterocycles. The van der Waals surface area contributed by atoms with E-state index in [-0.39, 0.29) is 41.1 Å². The van der Waals surface area contributed by atoms with Gasteiger partial charge in [0.1, 0.15) is 11.2 Å². The Labute approximate surface area is 434 Å². The van der Waals surface area contributed by atoms with Crippen LogP contribution in [0.3, 0.4) is 0 Å². The number of benzene rings is 1. The Kier molecular flexibility index (Phi) is 9.33. The number of piperidine rings is 3. The topological polar surface area (TPSA) is 105 Å². The highest BCUT2D eigenvalue weighted by Crippen LogP contribution is 2.89. The van der Waals surface area contributed by atoms with Gasteiger partial charge in [0.15, 0.2) is 11.4 Å². The maximum absolute atomic E-state index is 16.9. The molecule has 73 heavy (non-hydrogen) atoms. The summed E-state index contributed by atoms with van der Waals surface area (Å²) in [6.07, 6.45) is 34.1. The van der Waals surface area contributed by atoms with Gasteiger partial charge in [0.2, 0.25) is 0 Å². The van der Waals surface area contributed by atoms with E-state index in [1.807, 2.05) is 0 Å². The van der Waals surface area contributed by atoms with Crippen molar-refractivity contribution in [3.8, 4) is 0 Å². The molecule has 9 aliphatic carbocycles. The van der Waals surface area contributed by atoms with E-state index in [4.69, 9.17) is 15.2 Å². The van der Waals surface area contributed by atoms with Gasteiger partial charge in [0.05, 0.1) is 11.0 Å². The van der Waals surface area contributed by atoms with Crippen LogP contribution in [-0.2, 0) is 26.3 Å². The van der Waals surface area contributed by atoms with Gasteiger partial charge in [-0.2, -0.15) is 0 Å². The van der Waals surface area contributed by atoms with Crippen LogP contribution in [0.4, 0.5) is 0 Å². The average Bonchev–Trinajstić information content (AvgIpc) is 4.17. The van der Waals surface area contributed by atoms with Gasteiger partial charge in [0, 0.05) is 66.1 Å². The van der Waals surface area contributed by atoms with Crippen LogP contribution in [0.5, 0.6) is 0 Å². The number of hydrogen-bond acceptors (Lipinski definition) is 8. The summed E-state index contributed by atoms with van der Waals surface area (Å²) in [6, 6.07) is 7.82. The lowest BCUT2D eigenvalue weighted by Crippen LogP contribution is -2.78. The van der Waals surface area contributed by atoms with Crippen LogP contribution in [0.2, 0.25) is 0 Å². The maximum Gasteiger partial charge on any atom is 0.339 e. The minimum absolute atomic E-state index is 0.107. The number of hydrogen-bond donors (Lipinski definition) is 2. The standard InChI is InChI=1S/C65H83N3O5/c1-36-28-40-16-18-49-43-30-44-35-68(49)56(40)54-45-21-26-63-58(57(69)46-17-19-50(44)67(34-43)55(46)41-13-8-24-61(32-41)22-5-6-23-61)72-60(71)64(63)51(65(63)48-15-7-12-38(14-9-27-66)52(48)59(70)73-65)31-42(37-10-3-2-4-11-37)29-39-20-25-62(36,54)33-47(39)53(45)64/h7,12,15,29,36-37,41-44,46-47,49-51,54-55,69H,2-6,8-11,13-14,16-28,30-35,66H2,1H3. The van der Waals surface area contributed by atoms with Crippen molar-refractivity contribution in [3.05, 3.63) is 80.5 Å². The number of nitrogens with zero attached hydrogens (tertiary/aromatic N) is 2. The monoisotopic (exact) mass is 986 g/mol. The van der Waals surface area contributed by atoms with E-state index in [0.717, 1.165) is 62.6 Å². The quantitative estimate of drug-likeness (QED) is 0.222. The van der Waals surface area contributed by atoms with Gasteiger partial charge in [-0.3, -0.25) is 9.69 Å². The number of aryl methyl sites for hydroxylation is 1. The summed E-state index contributed by atoms with van der Waals surface area (Å²) in [7, 11) is 0. The van der Waals surface area contributed by atoms with E-state index in [2.05, 4.69) is 41.0 Å². The second-order valence-corrected chi connectivity index (χ2v) is 28.7. The summed E-state index contributed by atoms with van der Waals surface area (Å²) in [5, 5.41) is 14.3. The molecule has 17 rings (SSSR count). The molecular weight excluding hydrogens is 903 g/mol. The Morgan fingerprint density at radius 2 is 1.66 bits per heavy atom. The van der Waals surface area contributed by atoms with Crippen LogP contribution in [-0.4, -0.2) is 64.6 Å². The first-order valence-corrected chi connectivity index (χ1v) is 31.1. The molecular formula is C65H83N3O5. The number of nitrogens with two attached hydrogens (primary N) is 1. The molecule has 16 atom stereocenters. The van der Waals surface area contributed by atoms with Crippen molar-refractivity contribution in [2.45, 2.75) is 204 Å². The van der Waals surface area contributed by atoms with Crippen molar-refractivity contribution in [2.24, 2.45) is 86.6 Å². The minimum atomic E-state index is -1.13. The molecule has 16 unspecified atom stereocenters. The smallest absolute Gasteiger partial charge is 0.339 e. The Hall–Kier alpha value is -3.36. The highest BCUT2D eigenvalue weighted by atomic mass is 16.6. The highest BCUT2D eigenvalue weighted by molar-refractivity contribution is 6.00. The van der Waals surface area contributed by atoms with Crippen molar-refractivity contribution in [3.63, 3.8) is 0 Å². The number of carbonyl (C=O) groups excluding carboxylic acids is 2. The number of ether oxygens (including phenoxy) is 2. The Balaban J connectivity index is 0.970. The third kappa shape index (κ3) is 5.22. The number of aliphatic hydroxyl groups excluding tert-OH is 1. The van der Waals surface area contributed by atoms with Gasteiger partial charge in [-0.05, 0) is 199 Å². The fraction of sp³-hybridized carbons (Fsp3) is 0.754. The second-order valence-electron chi connectivity index (χ2n) is 28.7. The Morgan fingerprint density at radius 3 is 2.52 bits per heavy atom. The fourth-order valence-electron chi connectivity index (χ4n) is 24.4. The lowest BCUT2D eigenvalue weighted by Gasteiger charge is -2.74. The number of rotatable bonds is 5. The highest BCUT2D eigenvalue weighted by Gasteiger charge is 2.94. The van der Waals surface area contributed by atoms with E-state index in [0.29, 0.717) is 95.4 Å². The molecule has 8 heteroatoms. The van der Waals surface area contributed by atoms with Crippen molar-refractivity contribution in [1.29, 1.82) is 0 Å². The summed E-state index contributed by atoms with van der Waals surface area (Å²) in [6.45, 7) is 5.52. The molecule has 16 aliphatic rings. The van der Waals surface area contributed by atoms with Crippen LogP contribution in [0, 0.1) is 80.8 Å². The summed E-state index contributed by atoms with van der Waals surface area (Å²) < 4.78 is 15.0. The normalized spacial score (nSPS) is 47.3. The molecule has 0 amide bonds. The summed E-state index contributed by atoms with van der Waals surface area (Å²) >= 11 is 0. The predicted molar refractivity (Wildman–Crippen MR) is 279 cm³/mol. The fourth-order valence-corrected chi connectivity index (χ4v) is 24.4. The molecule has 9 bridgehead atoms. The van der Waals surface area contributed by atoms with Gasteiger partial charge < -0.3 is 25.2 Å². The van der Waals surface area contributed by atoms with Crippen molar-refractivity contribution >= 4 is 11.9 Å². The van der Waals surface area contributed by atoms with Crippen LogP contribution < -0.4 is 5.73 Å². The zero-order valence-electron chi connectivity index (χ0n) is 44.1. The Bertz CT molecular complexity index is 2760. The SMILES string of the molecule is CC1CC2=C3C4C5=C6C7CC14CCC7=CC(C1CCCCC1)CC1C64C(=O)OC(=C(O)C6CCC7C8CC(CN7C6C6CCCC7(CCCC7)C6)C(CC2)N3C8)C4(CC5)C12OC(=O)c1c(CCCN)cccc12. The van der Waals surface area contributed by atoms with Crippen molar-refractivity contribution in [1.82, 2.24) is 9.80 Å². The molecule has 7 aliphatic heterocycles.